The molecule has 0 N–H and O–H groups in total. The van der Waals surface area contributed by atoms with Crippen LogP contribution in [-0.4, -0.2) is 13.2 Å². The third kappa shape index (κ3) is 19.6. The first-order valence-electron chi connectivity index (χ1n) is 23.9. The fraction of sp³-hybridized carbons (Fsp3) is 0.920. The molecule has 0 amide bonds. The molecule has 0 saturated heterocycles. The van der Waals surface area contributed by atoms with E-state index in [0.29, 0.717) is 0 Å². The van der Waals surface area contributed by atoms with Crippen molar-refractivity contribution in [2.24, 2.45) is 47.3 Å². The molecule has 0 aromatic carbocycles. The molecule has 1 nitrogen and oxygen atoms in total. The lowest BCUT2D eigenvalue weighted by Gasteiger charge is -2.29. The summed E-state index contributed by atoms with van der Waals surface area (Å²) in [5.74, 6) is 7.93. The quantitative estimate of drug-likeness (QED) is 0.0643. The largest absolute Gasteiger partial charge is 0.381 e. The number of allylic oxidation sites excluding steroid dienone is 4. The molecule has 51 heavy (non-hydrogen) atoms. The molecule has 0 aliphatic heterocycles. The van der Waals surface area contributed by atoms with E-state index >= 15 is 0 Å². The van der Waals surface area contributed by atoms with Crippen LogP contribution in [0.25, 0.3) is 0 Å². The molecule has 0 bridgehead atoms. The Labute approximate surface area is 320 Å². The average molecular weight is 707 g/mol. The van der Waals surface area contributed by atoms with Crippen molar-refractivity contribution in [1.29, 1.82) is 0 Å². The highest BCUT2D eigenvalue weighted by atomic mass is 16.5. The van der Waals surface area contributed by atoms with Gasteiger partial charge >= 0.3 is 0 Å². The number of hydrogen-bond donors (Lipinski definition) is 0. The smallest absolute Gasteiger partial charge is 0.0466 e. The lowest BCUT2D eigenvalue weighted by Crippen LogP contribution is -2.16. The number of ether oxygens (including phenoxy) is 1. The SMILES string of the molecule is CC(C)CC1CCC(CCCCC2CC=C(CCCCCOCCCCCC3=CCC(CCCCC4CCC(CC(C)C)CC4)CC3)CC2)CC1. The summed E-state index contributed by atoms with van der Waals surface area (Å²) < 4.78 is 6.02. The Kier molecular flexibility index (Phi) is 22.2. The highest BCUT2D eigenvalue weighted by Gasteiger charge is 2.23. The summed E-state index contributed by atoms with van der Waals surface area (Å²) >= 11 is 0. The molecule has 2 unspecified atom stereocenters. The molecule has 0 radical (unpaired) electrons. The van der Waals surface area contributed by atoms with Gasteiger partial charge in [0.2, 0.25) is 0 Å². The Hall–Kier alpha value is -0.560. The van der Waals surface area contributed by atoms with Gasteiger partial charge in [-0.25, -0.2) is 0 Å². The van der Waals surface area contributed by atoms with Crippen molar-refractivity contribution in [2.75, 3.05) is 13.2 Å². The maximum atomic E-state index is 6.02. The second-order valence-electron chi connectivity index (χ2n) is 19.8. The van der Waals surface area contributed by atoms with Crippen molar-refractivity contribution in [3.05, 3.63) is 23.3 Å². The fourth-order valence-electron chi connectivity index (χ4n) is 11.0. The van der Waals surface area contributed by atoms with Crippen molar-refractivity contribution in [3.63, 3.8) is 0 Å². The molecule has 4 aliphatic carbocycles. The van der Waals surface area contributed by atoms with Gasteiger partial charge in [0, 0.05) is 13.2 Å². The van der Waals surface area contributed by atoms with Gasteiger partial charge in [-0.05, 0) is 137 Å². The highest BCUT2D eigenvalue weighted by Crippen LogP contribution is 2.38. The van der Waals surface area contributed by atoms with Crippen LogP contribution in [0, 0.1) is 47.3 Å². The van der Waals surface area contributed by atoms with E-state index in [1.165, 1.54) is 205 Å². The van der Waals surface area contributed by atoms with Gasteiger partial charge in [-0.1, -0.05) is 167 Å². The van der Waals surface area contributed by atoms with Crippen LogP contribution >= 0.6 is 0 Å². The van der Waals surface area contributed by atoms with Crippen molar-refractivity contribution in [2.45, 2.75) is 233 Å². The van der Waals surface area contributed by atoms with Gasteiger partial charge in [0.1, 0.15) is 0 Å². The standard InChI is InChI=1S/C50H90O/c1-41(2)39-49-33-29-47(30-34-49)19-11-9-17-45-25-21-43(22-26-45)15-7-5-13-37-51-38-14-6-8-16-44-23-27-46(28-24-44)18-10-12-20-48-31-35-50(36-32-48)40-42(3)4/h21,23,41-42,45-50H,5-20,22,24-40H2,1-4H3. The van der Waals surface area contributed by atoms with Gasteiger partial charge in [-0.2, -0.15) is 0 Å². The Bertz CT molecular complexity index is 835. The summed E-state index contributed by atoms with van der Waals surface area (Å²) in [4.78, 5) is 0. The molecular formula is C50H90O. The molecule has 0 aromatic rings. The molecule has 4 aliphatic rings. The van der Waals surface area contributed by atoms with Crippen molar-refractivity contribution in [3.8, 4) is 0 Å². The molecule has 2 atom stereocenters. The first-order chi connectivity index (χ1) is 24.9. The van der Waals surface area contributed by atoms with Gasteiger partial charge in [-0.3, -0.25) is 0 Å². The third-order valence-corrected chi connectivity index (χ3v) is 14.3. The summed E-state index contributed by atoms with van der Waals surface area (Å²) in [5, 5.41) is 0. The zero-order valence-electron chi connectivity index (χ0n) is 35.2. The van der Waals surface area contributed by atoms with E-state index in [0.717, 1.165) is 60.6 Å². The topological polar surface area (TPSA) is 9.23 Å². The third-order valence-electron chi connectivity index (χ3n) is 14.3. The molecule has 0 heterocycles. The van der Waals surface area contributed by atoms with Gasteiger partial charge in [-0.15, -0.1) is 0 Å². The minimum absolute atomic E-state index is 0.891. The maximum Gasteiger partial charge on any atom is 0.0466 e. The van der Waals surface area contributed by atoms with E-state index < -0.39 is 0 Å². The molecule has 1 heteroatoms. The van der Waals surface area contributed by atoms with Crippen molar-refractivity contribution >= 4 is 0 Å². The predicted octanol–water partition coefficient (Wildman–Crippen LogP) is 16.4. The molecule has 0 aromatic heterocycles. The van der Waals surface area contributed by atoms with Crippen LogP contribution in [-0.2, 0) is 4.74 Å². The van der Waals surface area contributed by atoms with Crippen molar-refractivity contribution in [1.82, 2.24) is 0 Å². The van der Waals surface area contributed by atoms with Crippen LogP contribution in [0.4, 0.5) is 0 Å². The normalized spacial score (nSPS) is 27.6. The van der Waals surface area contributed by atoms with Gasteiger partial charge in [0.25, 0.3) is 0 Å². The number of rotatable bonds is 26. The zero-order valence-corrected chi connectivity index (χ0v) is 35.2. The molecule has 2 saturated carbocycles. The van der Waals surface area contributed by atoms with Crippen LogP contribution in [0.15, 0.2) is 23.3 Å². The second-order valence-corrected chi connectivity index (χ2v) is 19.8. The van der Waals surface area contributed by atoms with E-state index in [4.69, 9.17) is 4.74 Å². The van der Waals surface area contributed by atoms with Crippen LogP contribution in [0.1, 0.15) is 233 Å². The summed E-state index contributed by atoms with van der Waals surface area (Å²) in [7, 11) is 0. The van der Waals surface area contributed by atoms with E-state index in [2.05, 4.69) is 39.8 Å². The van der Waals surface area contributed by atoms with Crippen molar-refractivity contribution < 1.29 is 4.74 Å². The van der Waals surface area contributed by atoms with Gasteiger partial charge in [0.05, 0.1) is 0 Å². The van der Waals surface area contributed by atoms with Gasteiger partial charge in [0.15, 0.2) is 0 Å². The Morgan fingerprint density at radius 3 is 1.16 bits per heavy atom. The molecule has 0 spiro atoms. The number of hydrogen-bond acceptors (Lipinski definition) is 1. The summed E-state index contributed by atoms with van der Waals surface area (Å²) in [6.45, 7) is 11.6. The summed E-state index contributed by atoms with van der Waals surface area (Å²) in [6.07, 6.45) is 51.4. The first-order valence-corrected chi connectivity index (χ1v) is 23.9. The predicted molar refractivity (Wildman–Crippen MR) is 225 cm³/mol. The Balaban J connectivity index is 0.868. The van der Waals surface area contributed by atoms with Crippen LogP contribution in [0.5, 0.6) is 0 Å². The van der Waals surface area contributed by atoms with E-state index in [1.54, 1.807) is 11.1 Å². The van der Waals surface area contributed by atoms with E-state index in [9.17, 15) is 0 Å². The van der Waals surface area contributed by atoms with E-state index in [-0.39, 0.29) is 0 Å². The molecular weight excluding hydrogens is 617 g/mol. The van der Waals surface area contributed by atoms with E-state index in [1.807, 2.05) is 0 Å². The maximum absolute atomic E-state index is 6.02. The molecule has 296 valence electrons. The minimum Gasteiger partial charge on any atom is -0.381 e. The van der Waals surface area contributed by atoms with Crippen LogP contribution < -0.4 is 0 Å². The number of unbranched alkanes of at least 4 members (excludes halogenated alkanes) is 6. The minimum atomic E-state index is 0.891. The zero-order chi connectivity index (χ0) is 35.9. The monoisotopic (exact) mass is 707 g/mol. The van der Waals surface area contributed by atoms with Crippen LogP contribution in [0.3, 0.4) is 0 Å². The summed E-state index contributed by atoms with van der Waals surface area (Å²) in [6, 6.07) is 0. The molecule has 4 rings (SSSR count). The van der Waals surface area contributed by atoms with Crippen LogP contribution in [0.2, 0.25) is 0 Å². The Morgan fingerprint density at radius 1 is 0.431 bits per heavy atom. The fourth-order valence-corrected chi connectivity index (χ4v) is 11.0. The first kappa shape index (κ1) is 43.2. The lowest BCUT2D eigenvalue weighted by molar-refractivity contribution is 0.126. The lowest BCUT2D eigenvalue weighted by atomic mass is 9.76. The van der Waals surface area contributed by atoms with Gasteiger partial charge < -0.3 is 4.74 Å². The molecule has 2 fully saturated rings. The second kappa shape index (κ2) is 26.3. The Morgan fingerprint density at radius 2 is 0.804 bits per heavy atom. The summed E-state index contributed by atoms with van der Waals surface area (Å²) in [5.41, 5.74) is 3.54. The average Bonchev–Trinajstić information content (AvgIpc) is 3.13. The highest BCUT2D eigenvalue weighted by molar-refractivity contribution is 5.07.